The molecule has 0 unspecified atom stereocenters. The van der Waals surface area contributed by atoms with Gasteiger partial charge in [-0.25, -0.2) is 0 Å². The molecule has 0 heterocycles. The number of carboxylic acids is 1. The fourth-order valence-corrected chi connectivity index (χ4v) is 3.48. The number of carboxylic acid groups (broad SMARTS) is 1. The van der Waals surface area contributed by atoms with Crippen LogP contribution in [0, 0.1) is 17.3 Å². The Morgan fingerprint density at radius 2 is 1.87 bits per heavy atom. The van der Waals surface area contributed by atoms with Gasteiger partial charge in [0.1, 0.15) is 0 Å². The van der Waals surface area contributed by atoms with Crippen molar-refractivity contribution in [1.82, 2.24) is 0 Å². The topological polar surface area (TPSA) is 37.3 Å². The van der Waals surface area contributed by atoms with Gasteiger partial charge in [-0.1, -0.05) is 32.6 Å². The first-order chi connectivity index (χ1) is 7.19. The van der Waals surface area contributed by atoms with Crippen LogP contribution in [0.2, 0.25) is 0 Å². The molecule has 0 radical (unpaired) electrons. The summed E-state index contributed by atoms with van der Waals surface area (Å²) in [5.74, 6) is 0.826. The Morgan fingerprint density at radius 1 is 1.27 bits per heavy atom. The lowest BCUT2D eigenvalue weighted by molar-refractivity contribution is -0.161. The first-order valence-electron chi connectivity index (χ1n) is 6.42. The zero-order valence-electron chi connectivity index (χ0n) is 9.67. The molecule has 0 aromatic rings. The molecule has 1 N–H and O–H groups in total. The van der Waals surface area contributed by atoms with E-state index in [1.54, 1.807) is 0 Å². The number of hydrogen-bond donors (Lipinski definition) is 1. The van der Waals surface area contributed by atoms with E-state index in [1.807, 2.05) is 0 Å². The Bertz CT molecular complexity index is 235. The molecule has 2 rings (SSSR count). The number of hydrogen-bond acceptors (Lipinski definition) is 1. The molecule has 2 aliphatic rings. The third kappa shape index (κ3) is 1.79. The smallest absolute Gasteiger partial charge is 0.309 e. The Balaban J connectivity index is 1.97. The largest absolute Gasteiger partial charge is 0.481 e. The summed E-state index contributed by atoms with van der Waals surface area (Å²) in [4.78, 5) is 11.4. The van der Waals surface area contributed by atoms with Crippen molar-refractivity contribution in [3.05, 3.63) is 0 Å². The second-order valence-corrected chi connectivity index (χ2v) is 5.44. The molecular weight excluding hydrogens is 188 g/mol. The van der Waals surface area contributed by atoms with Crippen molar-refractivity contribution in [2.24, 2.45) is 17.3 Å². The minimum Gasteiger partial charge on any atom is -0.481 e. The summed E-state index contributed by atoms with van der Waals surface area (Å²) in [5.41, 5.74) is -0.307. The van der Waals surface area contributed by atoms with Crippen molar-refractivity contribution in [2.75, 3.05) is 0 Å². The Labute approximate surface area is 92.1 Å². The SMILES string of the molecule is CCC1CCC(C2(C(=O)O)CCC2)CC1. The summed E-state index contributed by atoms with van der Waals surface area (Å²) in [5, 5.41) is 9.36. The van der Waals surface area contributed by atoms with E-state index in [4.69, 9.17) is 0 Å². The summed E-state index contributed by atoms with van der Waals surface area (Å²) < 4.78 is 0. The van der Waals surface area contributed by atoms with Gasteiger partial charge in [0.05, 0.1) is 5.41 Å². The maximum atomic E-state index is 11.4. The molecular formula is C13H22O2. The van der Waals surface area contributed by atoms with Crippen molar-refractivity contribution in [2.45, 2.75) is 58.3 Å². The van der Waals surface area contributed by atoms with Crippen molar-refractivity contribution >= 4 is 5.97 Å². The molecule has 2 saturated carbocycles. The Kier molecular flexibility index (Phi) is 3.03. The van der Waals surface area contributed by atoms with Crippen LogP contribution in [0.3, 0.4) is 0 Å². The first kappa shape index (κ1) is 11.0. The van der Waals surface area contributed by atoms with Gasteiger partial charge in [0, 0.05) is 0 Å². The predicted octanol–water partition coefficient (Wildman–Crippen LogP) is 3.46. The molecule has 2 nitrogen and oxygen atoms in total. The summed E-state index contributed by atoms with van der Waals surface area (Å²) in [6.45, 7) is 2.25. The molecule has 0 saturated heterocycles. The van der Waals surface area contributed by atoms with Crippen LogP contribution < -0.4 is 0 Å². The molecule has 2 aliphatic carbocycles. The van der Waals surface area contributed by atoms with E-state index in [1.165, 1.54) is 19.3 Å². The average molecular weight is 210 g/mol. The highest BCUT2D eigenvalue weighted by Gasteiger charge is 2.50. The van der Waals surface area contributed by atoms with Gasteiger partial charge in [0.2, 0.25) is 0 Å². The summed E-state index contributed by atoms with van der Waals surface area (Å²) in [7, 11) is 0. The van der Waals surface area contributed by atoms with Crippen molar-refractivity contribution in [1.29, 1.82) is 0 Å². The van der Waals surface area contributed by atoms with Gasteiger partial charge in [0.25, 0.3) is 0 Å². The lowest BCUT2D eigenvalue weighted by Crippen LogP contribution is -2.45. The minimum absolute atomic E-state index is 0.307. The Morgan fingerprint density at radius 3 is 2.20 bits per heavy atom. The van der Waals surface area contributed by atoms with Crippen LogP contribution in [-0.4, -0.2) is 11.1 Å². The Hall–Kier alpha value is -0.530. The standard InChI is InChI=1S/C13H22O2/c1-2-10-4-6-11(7-5-10)13(12(14)15)8-3-9-13/h10-11H,2-9H2,1H3,(H,14,15). The normalized spacial score (nSPS) is 34.5. The second kappa shape index (κ2) is 4.15. The van der Waals surface area contributed by atoms with Crippen molar-refractivity contribution in [3.8, 4) is 0 Å². The maximum absolute atomic E-state index is 11.4. The number of aliphatic carboxylic acids is 1. The van der Waals surface area contributed by atoms with Gasteiger partial charge in [0.15, 0.2) is 0 Å². The fourth-order valence-electron chi connectivity index (χ4n) is 3.48. The zero-order chi connectivity index (χ0) is 10.9. The summed E-state index contributed by atoms with van der Waals surface area (Å²) in [6, 6.07) is 0. The van der Waals surface area contributed by atoms with Gasteiger partial charge >= 0.3 is 5.97 Å². The summed E-state index contributed by atoms with van der Waals surface area (Å²) >= 11 is 0. The van der Waals surface area contributed by atoms with E-state index < -0.39 is 5.97 Å². The van der Waals surface area contributed by atoms with Crippen LogP contribution in [-0.2, 0) is 4.79 Å². The predicted molar refractivity (Wildman–Crippen MR) is 59.7 cm³/mol. The van der Waals surface area contributed by atoms with Crippen LogP contribution >= 0.6 is 0 Å². The van der Waals surface area contributed by atoms with Gasteiger partial charge in [-0.15, -0.1) is 0 Å². The lowest BCUT2D eigenvalue weighted by atomic mass is 9.57. The molecule has 15 heavy (non-hydrogen) atoms. The maximum Gasteiger partial charge on any atom is 0.309 e. The molecule has 0 bridgehead atoms. The van der Waals surface area contributed by atoms with E-state index in [9.17, 15) is 9.90 Å². The average Bonchev–Trinajstić information content (AvgIpc) is 2.16. The number of rotatable bonds is 3. The molecule has 2 fully saturated rings. The molecule has 0 spiro atoms. The molecule has 0 aliphatic heterocycles. The highest BCUT2D eigenvalue weighted by atomic mass is 16.4. The van der Waals surface area contributed by atoms with Gasteiger partial charge < -0.3 is 5.11 Å². The number of carbonyl (C=O) groups is 1. The van der Waals surface area contributed by atoms with E-state index in [2.05, 4.69) is 6.92 Å². The molecule has 0 aromatic carbocycles. The van der Waals surface area contributed by atoms with Crippen LogP contribution in [0.15, 0.2) is 0 Å². The minimum atomic E-state index is -0.520. The molecule has 0 amide bonds. The monoisotopic (exact) mass is 210 g/mol. The van der Waals surface area contributed by atoms with E-state index in [0.29, 0.717) is 5.92 Å². The van der Waals surface area contributed by atoms with Crippen LogP contribution in [0.4, 0.5) is 0 Å². The lowest BCUT2D eigenvalue weighted by Gasteiger charge is -2.46. The molecule has 86 valence electrons. The van der Waals surface area contributed by atoms with Crippen LogP contribution in [0.1, 0.15) is 58.3 Å². The fraction of sp³-hybridized carbons (Fsp3) is 0.923. The first-order valence-corrected chi connectivity index (χ1v) is 6.42. The quantitative estimate of drug-likeness (QED) is 0.774. The van der Waals surface area contributed by atoms with Crippen molar-refractivity contribution in [3.63, 3.8) is 0 Å². The van der Waals surface area contributed by atoms with Gasteiger partial charge in [-0.05, 0) is 37.5 Å². The third-order valence-corrected chi connectivity index (χ3v) is 4.88. The third-order valence-electron chi connectivity index (χ3n) is 4.88. The van der Waals surface area contributed by atoms with E-state index >= 15 is 0 Å². The van der Waals surface area contributed by atoms with Gasteiger partial charge in [-0.3, -0.25) is 4.79 Å². The second-order valence-electron chi connectivity index (χ2n) is 5.44. The summed E-state index contributed by atoms with van der Waals surface area (Å²) in [6.07, 6.45) is 9.10. The van der Waals surface area contributed by atoms with E-state index in [0.717, 1.165) is 38.0 Å². The highest BCUT2D eigenvalue weighted by molar-refractivity contribution is 5.76. The molecule has 2 heteroatoms. The molecule has 0 aromatic heterocycles. The van der Waals surface area contributed by atoms with Crippen molar-refractivity contribution < 1.29 is 9.90 Å². The highest BCUT2D eigenvalue weighted by Crippen LogP contribution is 2.53. The van der Waals surface area contributed by atoms with Crippen LogP contribution in [0.25, 0.3) is 0 Å². The molecule has 0 atom stereocenters. The van der Waals surface area contributed by atoms with E-state index in [-0.39, 0.29) is 5.41 Å². The van der Waals surface area contributed by atoms with Crippen LogP contribution in [0.5, 0.6) is 0 Å². The zero-order valence-corrected chi connectivity index (χ0v) is 9.67. The van der Waals surface area contributed by atoms with Gasteiger partial charge in [-0.2, -0.15) is 0 Å².